The summed E-state index contributed by atoms with van der Waals surface area (Å²) in [6.07, 6.45) is 2.41. The third-order valence-electron chi connectivity index (χ3n) is 5.15. The third kappa shape index (κ3) is 7.42. The van der Waals surface area contributed by atoms with Crippen LogP contribution in [-0.2, 0) is 24.3 Å². The fraction of sp³-hybridized carbons (Fsp3) is 0.560. The van der Waals surface area contributed by atoms with Crippen molar-refractivity contribution >= 4 is 26.8 Å². The van der Waals surface area contributed by atoms with E-state index in [1.54, 1.807) is 46.1 Å². The normalized spacial score (nSPS) is 17.2. The van der Waals surface area contributed by atoms with Gasteiger partial charge in [-0.2, -0.15) is 4.31 Å². The summed E-state index contributed by atoms with van der Waals surface area (Å²) in [6.45, 7) is 9.77. The molecule has 1 saturated heterocycles. The molecule has 0 bridgehead atoms. The molecule has 0 aliphatic carbocycles. The first-order valence-corrected chi connectivity index (χ1v) is 12.9. The van der Waals surface area contributed by atoms with Gasteiger partial charge in [0.25, 0.3) is 0 Å². The monoisotopic (exact) mass is 479 g/mol. The number of hydrogen-bond donors (Lipinski definition) is 0. The highest BCUT2D eigenvalue weighted by Crippen LogP contribution is 2.29. The summed E-state index contributed by atoms with van der Waals surface area (Å²) in [6, 6.07) is 10.3. The molecule has 184 valence electrons. The number of carbonyl (C=O) groups excluding carboxylic acids is 1. The van der Waals surface area contributed by atoms with Crippen LogP contribution in [0.3, 0.4) is 0 Å². The summed E-state index contributed by atoms with van der Waals surface area (Å²) in [4.78, 5) is 12.1. The van der Waals surface area contributed by atoms with Crippen molar-refractivity contribution in [2.75, 3.05) is 26.9 Å². The second-order valence-electron chi connectivity index (χ2n) is 8.74. The van der Waals surface area contributed by atoms with Crippen LogP contribution in [-0.4, -0.2) is 57.2 Å². The van der Waals surface area contributed by atoms with Crippen LogP contribution in [0.4, 0.5) is 0 Å². The molecular formula is C25H37NO6S. The summed E-state index contributed by atoms with van der Waals surface area (Å²) in [5, 5.41) is 1.74. The number of nitrogens with zero attached hydrogens (tertiary/aromatic N) is 1. The van der Waals surface area contributed by atoms with Crippen molar-refractivity contribution in [3.8, 4) is 5.75 Å². The highest BCUT2D eigenvalue weighted by Gasteiger charge is 2.34. The van der Waals surface area contributed by atoms with Crippen molar-refractivity contribution in [3.05, 3.63) is 36.4 Å². The number of ether oxygens (including phenoxy) is 3. The first kappa shape index (κ1) is 27.1. The van der Waals surface area contributed by atoms with E-state index in [4.69, 9.17) is 14.2 Å². The Hall–Kier alpha value is -2.16. The Morgan fingerprint density at radius 3 is 2.39 bits per heavy atom. The van der Waals surface area contributed by atoms with E-state index in [-0.39, 0.29) is 24.2 Å². The average Bonchev–Trinajstić information content (AvgIpc) is 2.78. The van der Waals surface area contributed by atoms with Gasteiger partial charge >= 0.3 is 5.97 Å². The predicted octanol–water partition coefficient (Wildman–Crippen LogP) is 4.78. The number of piperidine rings is 1. The van der Waals surface area contributed by atoms with Crippen molar-refractivity contribution in [1.29, 1.82) is 0 Å². The molecule has 0 aromatic heterocycles. The number of hydrogen-bond acceptors (Lipinski definition) is 6. The fourth-order valence-corrected chi connectivity index (χ4v) is 5.45. The van der Waals surface area contributed by atoms with Gasteiger partial charge in [-0.05, 0) is 68.7 Å². The molecule has 0 radical (unpaired) electrons. The Balaban J connectivity index is 0.00000187. The van der Waals surface area contributed by atoms with Crippen LogP contribution >= 0.6 is 0 Å². The largest absolute Gasteiger partial charge is 0.497 e. The van der Waals surface area contributed by atoms with Crippen LogP contribution in [0.25, 0.3) is 10.8 Å². The van der Waals surface area contributed by atoms with Crippen molar-refractivity contribution in [2.24, 2.45) is 0 Å². The number of esters is 1. The SMILES string of the molecule is CC.COc1ccc2cc(S(=O)(=O)N3CCCCC3COCC(=O)OC(C)(C)C)ccc2c1. The molecule has 1 fully saturated rings. The quantitative estimate of drug-likeness (QED) is 0.532. The van der Waals surface area contributed by atoms with E-state index in [9.17, 15) is 13.2 Å². The Kier molecular flexibility index (Phi) is 9.70. The van der Waals surface area contributed by atoms with Gasteiger partial charge in [0.2, 0.25) is 10.0 Å². The minimum Gasteiger partial charge on any atom is -0.497 e. The van der Waals surface area contributed by atoms with Crippen LogP contribution < -0.4 is 4.74 Å². The Bertz CT molecular complexity index is 1030. The van der Waals surface area contributed by atoms with E-state index in [1.807, 2.05) is 32.0 Å². The minimum absolute atomic E-state index is 0.156. The number of fused-ring (bicyclic) bond motifs is 1. The van der Waals surface area contributed by atoms with Crippen LogP contribution in [0, 0.1) is 0 Å². The summed E-state index contributed by atoms with van der Waals surface area (Å²) in [5.74, 6) is 0.268. The molecule has 33 heavy (non-hydrogen) atoms. The van der Waals surface area contributed by atoms with Gasteiger partial charge in [0.1, 0.15) is 18.0 Å². The second-order valence-corrected chi connectivity index (χ2v) is 10.6. The van der Waals surface area contributed by atoms with E-state index in [2.05, 4.69) is 0 Å². The lowest BCUT2D eigenvalue weighted by Crippen LogP contribution is -2.46. The number of rotatable bonds is 7. The molecule has 7 nitrogen and oxygen atoms in total. The first-order chi connectivity index (χ1) is 15.6. The maximum absolute atomic E-state index is 13.4. The molecule has 1 unspecified atom stereocenters. The van der Waals surface area contributed by atoms with Gasteiger partial charge in [0.15, 0.2) is 0 Å². The Labute approximate surface area is 198 Å². The van der Waals surface area contributed by atoms with E-state index < -0.39 is 21.6 Å². The highest BCUT2D eigenvalue weighted by atomic mass is 32.2. The zero-order chi connectivity index (χ0) is 24.6. The zero-order valence-corrected chi connectivity index (χ0v) is 21.4. The molecule has 3 rings (SSSR count). The van der Waals surface area contributed by atoms with Gasteiger partial charge < -0.3 is 14.2 Å². The maximum Gasteiger partial charge on any atom is 0.332 e. The van der Waals surface area contributed by atoms with E-state index in [0.29, 0.717) is 13.0 Å². The van der Waals surface area contributed by atoms with E-state index in [0.717, 1.165) is 29.4 Å². The smallest absolute Gasteiger partial charge is 0.332 e. The van der Waals surface area contributed by atoms with E-state index in [1.165, 1.54) is 4.31 Å². The molecular weight excluding hydrogens is 442 g/mol. The molecule has 2 aromatic rings. The molecule has 1 aliphatic heterocycles. The molecule has 0 amide bonds. The predicted molar refractivity (Wildman–Crippen MR) is 130 cm³/mol. The van der Waals surface area contributed by atoms with Gasteiger partial charge in [-0.25, -0.2) is 13.2 Å². The molecule has 1 atom stereocenters. The third-order valence-corrected chi connectivity index (χ3v) is 7.10. The summed E-state index contributed by atoms with van der Waals surface area (Å²) < 4.78 is 44.3. The van der Waals surface area contributed by atoms with Crippen molar-refractivity contribution in [3.63, 3.8) is 0 Å². The Morgan fingerprint density at radius 2 is 1.73 bits per heavy atom. The van der Waals surface area contributed by atoms with Crippen molar-refractivity contribution in [1.82, 2.24) is 4.31 Å². The zero-order valence-electron chi connectivity index (χ0n) is 20.6. The fourth-order valence-electron chi connectivity index (χ4n) is 3.73. The molecule has 2 aromatic carbocycles. The number of carbonyl (C=O) groups is 1. The van der Waals surface area contributed by atoms with Gasteiger partial charge in [0.05, 0.1) is 18.6 Å². The molecule has 1 aliphatic rings. The lowest BCUT2D eigenvalue weighted by Gasteiger charge is -2.34. The lowest BCUT2D eigenvalue weighted by atomic mass is 10.1. The molecule has 1 heterocycles. The van der Waals surface area contributed by atoms with Crippen molar-refractivity contribution in [2.45, 2.75) is 70.4 Å². The van der Waals surface area contributed by atoms with Crippen molar-refractivity contribution < 1.29 is 27.4 Å². The molecule has 0 spiro atoms. The number of methoxy groups -OCH3 is 1. The van der Waals surface area contributed by atoms with Gasteiger partial charge in [-0.1, -0.05) is 32.4 Å². The average molecular weight is 480 g/mol. The standard InChI is InChI=1S/C23H31NO6S.C2H6/c1-23(2,3)30-22(25)16-29-15-19-7-5-6-12-24(19)31(26,27)21-11-9-17-13-20(28-4)10-8-18(17)14-21;1-2/h8-11,13-14,19H,5-7,12,15-16H2,1-4H3;1-2H3. The second kappa shape index (κ2) is 11.8. The topological polar surface area (TPSA) is 82.1 Å². The van der Waals surface area contributed by atoms with Crippen LogP contribution in [0.5, 0.6) is 5.75 Å². The molecule has 0 N–H and O–H groups in total. The number of sulfonamides is 1. The highest BCUT2D eigenvalue weighted by molar-refractivity contribution is 7.89. The summed E-state index contributed by atoms with van der Waals surface area (Å²) >= 11 is 0. The van der Waals surface area contributed by atoms with Gasteiger partial charge in [-0.3, -0.25) is 0 Å². The number of benzene rings is 2. The maximum atomic E-state index is 13.4. The van der Waals surface area contributed by atoms with Gasteiger partial charge in [-0.15, -0.1) is 0 Å². The summed E-state index contributed by atoms with van der Waals surface area (Å²) in [5.41, 5.74) is -0.583. The Morgan fingerprint density at radius 1 is 1.06 bits per heavy atom. The van der Waals surface area contributed by atoms with Gasteiger partial charge in [0, 0.05) is 12.6 Å². The van der Waals surface area contributed by atoms with Crippen LogP contribution in [0.1, 0.15) is 53.9 Å². The van der Waals surface area contributed by atoms with E-state index >= 15 is 0 Å². The molecule has 8 heteroatoms. The minimum atomic E-state index is -3.69. The molecule has 0 saturated carbocycles. The van der Waals surface area contributed by atoms with Crippen LogP contribution in [0.15, 0.2) is 41.3 Å². The van der Waals surface area contributed by atoms with Crippen LogP contribution in [0.2, 0.25) is 0 Å². The lowest BCUT2D eigenvalue weighted by molar-refractivity contribution is -0.160. The summed E-state index contributed by atoms with van der Waals surface area (Å²) in [7, 11) is -2.09. The first-order valence-electron chi connectivity index (χ1n) is 11.5.